The number of rotatable bonds is 6. The summed E-state index contributed by atoms with van der Waals surface area (Å²) >= 11 is 0. The van der Waals surface area contributed by atoms with Gasteiger partial charge in [0, 0.05) is 45.6 Å². The standard InChI is InChI=1S/C54H35N5/c1-54(2)46-23-21-40-25-34(32-55)26-50(56-3)51(40)52(46)45-22-20-39(30-47(45)54)42-27-43(41-15-10-24-57-33-41)29-44(28-42)49-31-48(58-53(59-49)38-13-8-5-9-14-38)37-18-16-36(17-19-37)35-11-6-4-7-12-35/h4-31,33H,1-2H3. The van der Waals surface area contributed by atoms with Gasteiger partial charge < -0.3 is 0 Å². The molecule has 9 aromatic rings. The molecular formula is C54H35N5. The first-order valence-corrected chi connectivity index (χ1v) is 19.6. The van der Waals surface area contributed by atoms with E-state index in [2.05, 4.69) is 151 Å². The van der Waals surface area contributed by atoms with Gasteiger partial charge in [-0.25, -0.2) is 14.8 Å². The molecule has 0 fully saturated rings. The Hall–Kier alpha value is -7.99. The van der Waals surface area contributed by atoms with Crippen LogP contribution in [0.1, 0.15) is 30.5 Å². The lowest BCUT2D eigenvalue weighted by molar-refractivity contribution is 0.661. The molecule has 0 spiro atoms. The summed E-state index contributed by atoms with van der Waals surface area (Å²) in [5.74, 6) is 0.656. The maximum atomic E-state index is 9.69. The van der Waals surface area contributed by atoms with E-state index in [4.69, 9.17) is 16.5 Å². The molecule has 0 saturated heterocycles. The maximum absolute atomic E-state index is 9.69. The molecule has 59 heavy (non-hydrogen) atoms. The maximum Gasteiger partial charge on any atom is 0.196 e. The molecule has 2 aromatic heterocycles. The highest BCUT2D eigenvalue weighted by atomic mass is 14.9. The molecule has 5 heteroatoms. The summed E-state index contributed by atoms with van der Waals surface area (Å²) in [5.41, 5.74) is 16.3. The van der Waals surface area contributed by atoms with E-state index in [1.54, 1.807) is 12.3 Å². The highest BCUT2D eigenvalue weighted by molar-refractivity contribution is 6.10. The number of fused-ring (bicyclic) bond motifs is 5. The summed E-state index contributed by atoms with van der Waals surface area (Å²) in [4.78, 5) is 18.7. The van der Waals surface area contributed by atoms with Crippen molar-refractivity contribution < 1.29 is 0 Å². The molecule has 0 aliphatic heterocycles. The van der Waals surface area contributed by atoms with Crippen LogP contribution in [0.15, 0.2) is 176 Å². The van der Waals surface area contributed by atoms with Crippen molar-refractivity contribution in [2.24, 2.45) is 0 Å². The van der Waals surface area contributed by atoms with Gasteiger partial charge in [0.2, 0.25) is 0 Å². The number of aromatic nitrogens is 3. The second kappa shape index (κ2) is 14.2. The molecule has 0 atom stereocenters. The van der Waals surface area contributed by atoms with Crippen LogP contribution in [-0.2, 0) is 5.41 Å². The van der Waals surface area contributed by atoms with Crippen molar-refractivity contribution in [1.29, 1.82) is 5.26 Å². The van der Waals surface area contributed by atoms with Crippen molar-refractivity contribution in [3.8, 4) is 84.5 Å². The average Bonchev–Trinajstić information content (AvgIpc) is 3.54. The van der Waals surface area contributed by atoms with Crippen LogP contribution in [0.4, 0.5) is 5.69 Å². The topological polar surface area (TPSA) is 66.8 Å². The molecule has 7 aromatic carbocycles. The van der Waals surface area contributed by atoms with Crippen LogP contribution in [0.3, 0.4) is 0 Å². The van der Waals surface area contributed by atoms with Gasteiger partial charge in [-0.05, 0) is 109 Å². The molecule has 0 N–H and O–H groups in total. The van der Waals surface area contributed by atoms with E-state index in [-0.39, 0.29) is 5.41 Å². The first-order chi connectivity index (χ1) is 28.9. The van der Waals surface area contributed by atoms with Crippen molar-refractivity contribution in [2.75, 3.05) is 0 Å². The molecule has 276 valence electrons. The third-order valence-electron chi connectivity index (χ3n) is 11.6. The van der Waals surface area contributed by atoms with Gasteiger partial charge in [-0.1, -0.05) is 129 Å². The van der Waals surface area contributed by atoms with E-state index in [0.717, 1.165) is 77.8 Å². The number of benzene rings is 7. The molecule has 10 rings (SSSR count). The first kappa shape index (κ1) is 35.4. The van der Waals surface area contributed by atoms with Gasteiger partial charge in [-0.2, -0.15) is 5.26 Å². The molecule has 2 heterocycles. The molecule has 0 unspecified atom stereocenters. The molecule has 0 radical (unpaired) electrons. The number of hydrogen-bond donors (Lipinski definition) is 0. The lowest BCUT2D eigenvalue weighted by Crippen LogP contribution is -2.15. The van der Waals surface area contributed by atoms with E-state index in [9.17, 15) is 5.26 Å². The predicted molar refractivity (Wildman–Crippen MR) is 238 cm³/mol. The number of nitrogens with zero attached hydrogens (tertiary/aromatic N) is 5. The molecular weight excluding hydrogens is 719 g/mol. The van der Waals surface area contributed by atoms with E-state index >= 15 is 0 Å². The minimum Gasteiger partial charge on any atom is -0.264 e. The van der Waals surface area contributed by atoms with Crippen molar-refractivity contribution in [3.05, 3.63) is 204 Å². The summed E-state index contributed by atoms with van der Waals surface area (Å²) in [6, 6.07) is 58.7. The summed E-state index contributed by atoms with van der Waals surface area (Å²) in [5, 5.41) is 11.5. The summed E-state index contributed by atoms with van der Waals surface area (Å²) in [7, 11) is 0. The fourth-order valence-corrected chi connectivity index (χ4v) is 8.57. The SMILES string of the molecule is [C-]#[N+]c1cc(C#N)cc2ccc3c(c12)-c1ccc(-c2cc(-c4cccnc4)cc(-c4cc(-c5ccc(-c6ccccc6)cc5)nc(-c5ccccc5)n4)c2)cc1C3(C)C. The van der Waals surface area contributed by atoms with Gasteiger partial charge in [-0.15, -0.1) is 0 Å². The van der Waals surface area contributed by atoms with Gasteiger partial charge in [0.25, 0.3) is 0 Å². The van der Waals surface area contributed by atoms with Crippen molar-refractivity contribution >= 4 is 16.5 Å². The molecule has 0 amide bonds. The van der Waals surface area contributed by atoms with Crippen molar-refractivity contribution in [1.82, 2.24) is 15.0 Å². The third kappa shape index (κ3) is 6.23. The quantitative estimate of drug-likeness (QED) is 0.159. The van der Waals surface area contributed by atoms with Crippen LogP contribution in [0.2, 0.25) is 0 Å². The van der Waals surface area contributed by atoms with Gasteiger partial charge in [0.1, 0.15) is 0 Å². The lowest BCUT2D eigenvalue weighted by atomic mass is 9.81. The highest BCUT2D eigenvalue weighted by Gasteiger charge is 2.37. The van der Waals surface area contributed by atoms with Crippen LogP contribution < -0.4 is 0 Å². The van der Waals surface area contributed by atoms with Crippen LogP contribution in [0, 0.1) is 17.9 Å². The Labute approximate surface area is 343 Å². The highest BCUT2D eigenvalue weighted by Crippen LogP contribution is 2.54. The Balaban J connectivity index is 1.14. The Morgan fingerprint density at radius 1 is 0.542 bits per heavy atom. The summed E-state index contributed by atoms with van der Waals surface area (Å²) in [6.07, 6.45) is 3.70. The smallest absolute Gasteiger partial charge is 0.196 e. The zero-order chi connectivity index (χ0) is 40.1. The van der Waals surface area contributed by atoms with E-state index in [1.165, 1.54) is 16.7 Å². The fourth-order valence-electron chi connectivity index (χ4n) is 8.57. The monoisotopic (exact) mass is 753 g/mol. The van der Waals surface area contributed by atoms with E-state index < -0.39 is 0 Å². The van der Waals surface area contributed by atoms with Gasteiger partial charge >= 0.3 is 0 Å². The number of hydrogen-bond acceptors (Lipinski definition) is 4. The zero-order valence-electron chi connectivity index (χ0n) is 32.5. The Morgan fingerprint density at radius 3 is 1.86 bits per heavy atom. The Morgan fingerprint density at radius 2 is 1.17 bits per heavy atom. The molecule has 5 nitrogen and oxygen atoms in total. The van der Waals surface area contributed by atoms with Crippen molar-refractivity contribution in [3.63, 3.8) is 0 Å². The van der Waals surface area contributed by atoms with Crippen LogP contribution in [-0.4, -0.2) is 15.0 Å². The fraction of sp³-hybridized carbons (Fsp3) is 0.0556. The number of pyridine rings is 1. The van der Waals surface area contributed by atoms with Crippen LogP contribution in [0.5, 0.6) is 0 Å². The first-order valence-electron chi connectivity index (χ1n) is 19.6. The van der Waals surface area contributed by atoms with E-state index in [1.807, 2.05) is 42.6 Å². The zero-order valence-corrected chi connectivity index (χ0v) is 32.5. The molecule has 1 aliphatic carbocycles. The molecule has 0 saturated carbocycles. The van der Waals surface area contributed by atoms with Gasteiger partial charge in [-0.3, -0.25) is 4.98 Å². The second-order valence-electron chi connectivity index (χ2n) is 15.5. The van der Waals surface area contributed by atoms with Gasteiger partial charge in [0.05, 0.1) is 24.0 Å². The average molecular weight is 754 g/mol. The minimum absolute atomic E-state index is 0.325. The van der Waals surface area contributed by atoms with Crippen LogP contribution >= 0.6 is 0 Å². The predicted octanol–water partition coefficient (Wildman–Crippen LogP) is 13.8. The van der Waals surface area contributed by atoms with Gasteiger partial charge in [0.15, 0.2) is 11.5 Å². The third-order valence-corrected chi connectivity index (χ3v) is 11.6. The lowest BCUT2D eigenvalue weighted by Gasteiger charge is -2.22. The largest absolute Gasteiger partial charge is 0.264 e. The normalized spacial score (nSPS) is 12.3. The Bertz CT molecular complexity index is 3180. The summed E-state index contributed by atoms with van der Waals surface area (Å²) in [6.45, 7) is 12.6. The molecule has 0 bridgehead atoms. The number of nitriles is 1. The minimum atomic E-state index is -0.325. The molecule has 1 aliphatic rings. The summed E-state index contributed by atoms with van der Waals surface area (Å²) < 4.78 is 0. The van der Waals surface area contributed by atoms with E-state index in [0.29, 0.717) is 17.1 Å². The Kier molecular flexibility index (Phi) is 8.52. The van der Waals surface area contributed by atoms with Crippen LogP contribution in [0.25, 0.3) is 94.0 Å². The second-order valence-corrected chi connectivity index (χ2v) is 15.5. The van der Waals surface area contributed by atoms with Crippen molar-refractivity contribution in [2.45, 2.75) is 19.3 Å².